The summed E-state index contributed by atoms with van der Waals surface area (Å²) in [5.74, 6) is -0.0422. The lowest BCUT2D eigenvalue weighted by molar-refractivity contribution is -0.153. The Balaban J connectivity index is 2.61. The van der Waals surface area contributed by atoms with Gasteiger partial charge in [-0.3, -0.25) is 4.79 Å². The minimum Gasteiger partial charge on any atom is -0.469 e. The van der Waals surface area contributed by atoms with E-state index in [-0.39, 0.29) is 11.4 Å². The molecule has 1 saturated carbocycles. The largest absolute Gasteiger partial charge is 0.469 e. The van der Waals surface area contributed by atoms with Gasteiger partial charge in [0.1, 0.15) is 0 Å². The summed E-state index contributed by atoms with van der Waals surface area (Å²) in [6.45, 7) is 4.27. The highest BCUT2D eigenvalue weighted by molar-refractivity contribution is 14.1. The number of esters is 1. The monoisotopic (exact) mass is 296 g/mol. The molecular weight excluding hydrogens is 279 g/mol. The fourth-order valence-electron chi connectivity index (χ4n) is 1.77. The van der Waals surface area contributed by atoms with Crippen molar-refractivity contribution in [2.45, 2.75) is 43.0 Å². The van der Waals surface area contributed by atoms with Gasteiger partial charge in [-0.1, -0.05) is 29.5 Å². The molecule has 13 heavy (non-hydrogen) atoms. The number of methoxy groups -OCH3 is 1. The zero-order chi connectivity index (χ0) is 10.1. The molecule has 0 bridgehead atoms. The molecule has 0 spiro atoms. The van der Waals surface area contributed by atoms with E-state index in [0.29, 0.717) is 3.42 Å². The molecule has 0 aliphatic heterocycles. The number of halogens is 1. The minimum absolute atomic E-state index is 0.0422. The van der Waals surface area contributed by atoms with Crippen LogP contribution in [0.25, 0.3) is 0 Å². The summed E-state index contributed by atoms with van der Waals surface area (Å²) >= 11 is 2.49. The molecule has 0 N–H and O–H groups in total. The molecule has 0 amide bonds. The molecule has 1 fully saturated rings. The van der Waals surface area contributed by atoms with Crippen LogP contribution in [-0.2, 0) is 9.53 Å². The predicted molar refractivity (Wildman–Crippen MR) is 61.0 cm³/mol. The second kappa shape index (κ2) is 3.75. The standard InChI is InChI=1S/C10H17IO2/c1-9(8(12)13-3)4-6-10(2,11)7-5-9/h4-7H2,1-3H3. The van der Waals surface area contributed by atoms with Crippen LogP contribution in [0, 0.1) is 5.41 Å². The van der Waals surface area contributed by atoms with Gasteiger partial charge in [-0.05, 0) is 32.6 Å². The summed E-state index contributed by atoms with van der Waals surface area (Å²) in [5, 5.41) is 0. The maximum absolute atomic E-state index is 11.5. The first-order chi connectivity index (χ1) is 5.90. The van der Waals surface area contributed by atoms with E-state index in [0.717, 1.165) is 25.7 Å². The highest BCUT2D eigenvalue weighted by Crippen LogP contribution is 2.45. The Morgan fingerprint density at radius 2 is 1.69 bits per heavy atom. The number of alkyl halides is 1. The summed E-state index contributed by atoms with van der Waals surface area (Å²) in [6.07, 6.45) is 4.14. The van der Waals surface area contributed by atoms with Crippen molar-refractivity contribution in [3.63, 3.8) is 0 Å². The third-order valence-electron chi connectivity index (χ3n) is 3.07. The van der Waals surface area contributed by atoms with Gasteiger partial charge >= 0.3 is 5.97 Å². The molecule has 0 aromatic rings. The summed E-state index contributed by atoms with van der Waals surface area (Å²) < 4.78 is 5.20. The molecule has 1 aliphatic carbocycles. The first-order valence-corrected chi connectivity index (χ1v) is 5.75. The topological polar surface area (TPSA) is 26.3 Å². The Hall–Kier alpha value is 0.200. The smallest absolute Gasteiger partial charge is 0.311 e. The molecule has 0 aromatic heterocycles. The minimum atomic E-state index is -0.223. The van der Waals surface area contributed by atoms with Crippen molar-refractivity contribution in [2.24, 2.45) is 5.41 Å². The first kappa shape index (κ1) is 11.3. The van der Waals surface area contributed by atoms with Crippen LogP contribution in [0.2, 0.25) is 0 Å². The Kier molecular flexibility index (Phi) is 3.25. The van der Waals surface area contributed by atoms with Crippen molar-refractivity contribution < 1.29 is 9.53 Å². The third-order valence-corrected chi connectivity index (χ3v) is 4.15. The Morgan fingerprint density at radius 3 is 2.08 bits per heavy atom. The molecule has 0 saturated heterocycles. The lowest BCUT2D eigenvalue weighted by Crippen LogP contribution is -2.37. The van der Waals surface area contributed by atoms with Crippen LogP contribution in [0.5, 0.6) is 0 Å². The molecule has 3 heteroatoms. The molecule has 2 nitrogen and oxygen atoms in total. The van der Waals surface area contributed by atoms with Gasteiger partial charge in [0, 0.05) is 3.42 Å². The number of hydrogen-bond donors (Lipinski definition) is 0. The summed E-state index contributed by atoms with van der Waals surface area (Å²) in [6, 6.07) is 0. The SMILES string of the molecule is COC(=O)C1(C)CCC(C)(I)CC1. The Labute approximate surface area is 93.6 Å². The van der Waals surface area contributed by atoms with Crippen molar-refractivity contribution in [1.29, 1.82) is 0 Å². The number of carbonyl (C=O) groups is 1. The van der Waals surface area contributed by atoms with Gasteiger partial charge in [0.2, 0.25) is 0 Å². The first-order valence-electron chi connectivity index (χ1n) is 4.67. The van der Waals surface area contributed by atoms with E-state index in [1.807, 2.05) is 6.92 Å². The van der Waals surface area contributed by atoms with E-state index >= 15 is 0 Å². The third kappa shape index (κ3) is 2.58. The van der Waals surface area contributed by atoms with Crippen molar-refractivity contribution >= 4 is 28.6 Å². The number of carbonyl (C=O) groups excluding carboxylic acids is 1. The Morgan fingerprint density at radius 1 is 1.23 bits per heavy atom. The van der Waals surface area contributed by atoms with Crippen molar-refractivity contribution in [3.8, 4) is 0 Å². The van der Waals surface area contributed by atoms with Crippen LogP contribution in [0.3, 0.4) is 0 Å². The van der Waals surface area contributed by atoms with Crippen LogP contribution in [-0.4, -0.2) is 16.5 Å². The molecule has 0 aromatic carbocycles. The van der Waals surface area contributed by atoms with E-state index in [4.69, 9.17) is 4.74 Å². The highest BCUT2D eigenvalue weighted by atomic mass is 127. The summed E-state index contributed by atoms with van der Waals surface area (Å²) in [4.78, 5) is 11.5. The van der Waals surface area contributed by atoms with E-state index in [1.165, 1.54) is 7.11 Å². The Bertz CT molecular complexity index is 201. The fraction of sp³-hybridized carbons (Fsp3) is 0.900. The average Bonchev–Trinajstić information content (AvgIpc) is 2.09. The molecule has 0 heterocycles. The van der Waals surface area contributed by atoms with Crippen molar-refractivity contribution in [3.05, 3.63) is 0 Å². The van der Waals surface area contributed by atoms with E-state index in [9.17, 15) is 4.79 Å². The lowest BCUT2D eigenvalue weighted by atomic mass is 9.72. The molecule has 0 atom stereocenters. The van der Waals surface area contributed by atoms with Crippen LogP contribution >= 0.6 is 22.6 Å². The fourth-order valence-corrected chi connectivity index (χ4v) is 2.31. The van der Waals surface area contributed by atoms with Crippen LogP contribution in [0.4, 0.5) is 0 Å². The van der Waals surface area contributed by atoms with Gasteiger partial charge < -0.3 is 4.74 Å². The zero-order valence-corrected chi connectivity index (χ0v) is 10.7. The number of rotatable bonds is 1. The second-order valence-corrected chi connectivity index (χ2v) is 7.07. The van der Waals surface area contributed by atoms with Crippen LogP contribution < -0.4 is 0 Å². The number of ether oxygens (including phenoxy) is 1. The van der Waals surface area contributed by atoms with Gasteiger partial charge in [0.05, 0.1) is 12.5 Å². The summed E-state index contributed by atoms with van der Waals surface area (Å²) in [5.41, 5.74) is -0.223. The van der Waals surface area contributed by atoms with Crippen LogP contribution in [0.1, 0.15) is 39.5 Å². The molecular formula is C10H17IO2. The lowest BCUT2D eigenvalue weighted by Gasteiger charge is -2.38. The highest BCUT2D eigenvalue weighted by Gasteiger charge is 2.41. The maximum Gasteiger partial charge on any atom is 0.311 e. The normalized spacial score (nSPS) is 40.0. The van der Waals surface area contributed by atoms with Gasteiger partial charge in [-0.25, -0.2) is 0 Å². The zero-order valence-electron chi connectivity index (χ0n) is 8.52. The summed E-state index contributed by atoms with van der Waals surface area (Å²) in [7, 11) is 1.48. The van der Waals surface area contributed by atoms with Gasteiger partial charge in [-0.2, -0.15) is 0 Å². The van der Waals surface area contributed by atoms with Crippen LogP contribution in [0.15, 0.2) is 0 Å². The van der Waals surface area contributed by atoms with Gasteiger partial charge in [-0.15, -0.1) is 0 Å². The van der Waals surface area contributed by atoms with E-state index < -0.39 is 0 Å². The number of hydrogen-bond acceptors (Lipinski definition) is 2. The molecule has 0 radical (unpaired) electrons. The van der Waals surface area contributed by atoms with E-state index in [2.05, 4.69) is 29.5 Å². The molecule has 76 valence electrons. The van der Waals surface area contributed by atoms with Gasteiger partial charge in [0.15, 0.2) is 0 Å². The van der Waals surface area contributed by atoms with Gasteiger partial charge in [0.25, 0.3) is 0 Å². The molecule has 1 aliphatic rings. The molecule has 1 rings (SSSR count). The quantitative estimate of drug-likeness (QED) is 0.422. The van der Waals surface area contributed by atoms with Crippen molar-refractivity contribution in [2.75, 3.05) is 7.11 Å². The van der Waals surface area contributed by atoms with Crippen molar-refractivity contribution in [1.82, 2.24) is 0 Å². The maximum atomic E-state index is 11.5. The average molecular weight is 296 g/mol. The second-order valence-electron chi connectivity index (χ2n) is 4.47. The van der Waals surface area contributed by atoms with E-state index in [1.54, 1.807) is 0 Å². The predicted octanol–water partition coefficient (Wildman–Crippen LogP) is 2.93. The molecule has 0 unspecified atom stereocenters.